The zero-order valence-electron chi connectivity index (χ0n) is 15.1. The van der Waals surface area contributed by atoms with E-state index in [9.17, 15) is 4.79 Å². The van der Waals surface area contributed by atoms with Gasteiger partial charge in [0.2, 0.25) is 12.6 Å². The Labute approximate surface area is 152 Å². The van der Waals surface area contributed by atoms with E-state index in [1.165, 1.54) is 0 Å². The van der Waals surface area contributed by atoms with Crippen LogP contribution in [0.15, 0.2) is 24.3 Å². The summed E-state index contributed by atoms with van der Waals surface area (Å²) in [7, 11) is 0. The van der Waals surface area contributed by atoms with Crippen molar-refractivity contribution in [2.75, 3.05) is 20.0 Å². The summed E-state index contributed by atoms with van der Waals surface area (Å²) < 4.78 is 24.2. The monoisotopic (exact) mass is 357 g/mol. The number of hydrogen-bond acceptors (Lipinski definition) is 5. The Kier molecular flexibility index (Phi) is 4.59. The molecule has 0 unspecified atom stereocenters. The van der Waals surface area contributed by atoms with E-state index in [4.69, 9.17) is 18.9 Å². The van der Waals surface area contributed by atoms with Gasteiger partial charge in [-0.3, -0.25) is 4.79 Å². The van der Waals surface area contributed by atoms with Crippen molar-refractivity contribution in [3.63, 3.8) is 0 Å². The largest absolute Gasteiger partial charge is 0.485 e. The van der Waals surface area contributed by atoms with Gasteiger partial charge in [0, 0.05) is 36.2 Å². The third-order valence-electron chi connectivity index (χ3n) is 5.00. The molecule has 2 aromatic rings. The Bertz CT molecular complexity index is 820. The van der Waals surface area contributed by atoms with E-state index in [1.807, 2.05) is 19.9 Å². The summed E-state index contributed by atoms with van der Waals surface area (Å²) in [6.07, 6.45) is 2.43. The highest BCUT2D eigenvalue weighted by molar-refractivity contribution is 5.98. The van der Waals surface area contributed by atoms with Crippen molar-refractivity contribution in [2.24, 2.45) is 0 Å². The molecular weight excluding hydrogens is 334 g/mol. The smallest absolute Gasteiger partial charge is 0.231 e. The summed E-state index contributed by atoms with van der Waals surface area (Å²) in [4.78, 5) is 12.6. The van der Waals surface area contributed by atoms with Gasteiger partial charge in [-0.15, -0.1) is 0 Å². The third kappa shape index (κ3) is 3.29. The minimum absolute atomic E-state index is 0.0101. The van der Waals surface area contributed by atoms with Crippen molar-refractivity contribution in [1.82, 2.24) is 4.57 Å². The van der Waals surface area contributed by atoms with E-state index in [-0.39, 0.29) is 25.3 Å². The van der Waals surface area contributed by atoms with Crippen LogP contribution in [0.2, 0.25) is 0 Å². The summed E-state index contributed by atoms with van der Waals surface area (Å²) >= 11 is 0. The van der Waals surface area contributed by atoms with Gasteiger partial charge in [-0.2, -0.15) is 0 Å². The first-order valence-corrected chi connectivity index (χ1v) is 8.96. The molecule has 0 bridgehead atoms. The molecule has 6 heteroatoms. The standard InChI is InChI=1S/C20H23NO5/c1-13-8-17(14(2)21(13)10-16-4-3-7-23-16)18(22)11-24-15-5-6-19-20(9-15)26-12-25-19/h5-6,8-9,16H,3-4,7,10-12H2,1-2H3/t16-/m0/s1. The Hall–Kier alpha value is -2.47. The van der Waals surface area contributed by atoms with Gasteiger partial charge in [0.1, 0.15) is 5.75 Å². The minimum Gasteiger partial charge on any atom is -0.485 e. The highest BCUT2D eigenvalue weighted by Gasteiger charge is 2.21. The van der Waals surface area contributed by atoms with Crippen LogP contribution >= 0.6 is 0 Å². The van der Waals surface area contributed by atoms with E-state index in [2.05, 4.69) is 4.57 Å². The van der Waals surface area contributed by atoms with E-state index in [0.29, 0.717) is 22.8 Å². The lowest BCUT2D eigenvalue weighted by atomic mass is 10.1. The molecule has 0 spiro atoms. The summed E-state index contributed by atoms with van der Waals surface area (Å²) in [5, 5.41) is 0. The van der Waals surface area contributed by atoms with Crippen LogP contribution in [0.3, 0.4) is 0 Å². The zero-order valence-corrected chi connectivity index (χ0v) is 15.1. The maximum atomic E-state index is 12.6. The quantitative estimate of drug-likeness (QED) is 0.743. The average Bonchev–Trinajstić information content (AvgIpc) is 3.36. The molecule has 1 saturated heterocycles. The number of hydrogen-bond donors (Lipinski definition) is 0. The zero-order chi connectivity index (χ0) is 18.1. The molecule has 0 N–H and O–H groups in total. The molecule has 26 heavy (non-hydrogen) atoms. The van der Waals surface area contributed by atoms with Crippen molar-refractivity contribution in [3.8, 4) is 17.2 Å². The summed E-state index contributed by atoms with van der Waals surface area (Å²) in [5.41, 5.74) is 2.75. The maximum absolute atomic E-state index is 12.6. The van der Waals surface area contributed by atoms with E-state index < -0.39 is 0 Å². The highest BCUT2D eigenvalue weighted by atomic mass is 16.7. The predicted octanol–water partition coefficient (Wildman–Crippen LogP) is 3.27. The molecule has 1 aromatic heterocycles. The summed E-state index contributed by atoms with van der Waals surface area (Å²) in [6, 6.07) is 7.25. The number of aromatic nitrogens is 1. The van der Waals surface area contributed by atoms with E-state index in [1.54, 1.807) is 18.2 Å². The number of carbonyl (C=O) groups excluding carboxylic acids is 1. The fourth-order valence-electron chi connectivity index (χ4n) is 3.55. The number of nitrogens with zero attached hydrogens (tertiary/aromatic N) is 1. The normalized spacial score (nSPS) is 18.3. The third-order valence-corrected chi connectivity index (χ3v) is 5.00. The van der Waals surface area contributed by atoms with Crippen molar-refractivity contribution >= 4 is 5.78 Å². The lowest BCUT2D eigenvalue weighted by Crippen LogP contribution is -2.18. The second kappa shape index (κ2) is 7.03. The summed E-state index contributed by atoms with van der Waals surface area (Å²) in [6.45, 7) is 5.85. The molecular formula is C20H23NO5. The molecule has 3 heterocycles. The first-order valence-electron chi connectivity index (χ1n) is 8.96. The topological polar surface area (TPSA) is 58.9 Å². The Morgan fingerprint density at radius 1 is 1.23 bits per heavy atom. The Morgan fingerprint density at radius 2 is 2.08 bits per heavy atom. The van der Waals surface area contributed by atoms with Gasteiger partial charge in [-0.1, -0.05) is 0 Å². The SMILES string of the molecule is Cc1cc(C(=O)COc2ccc3c(c2)OCO3)c(C)n1C[C@@H]1CCCO1. The molecule has 4 rings (SSSR count). The molecule has 1 fully saturated rings. The van der Waals surface area contributed by atoms with Gasteiger partial charge in [-0.05, 0) is 44.9 Å². The first-order chi connectivity index (χ1) is 12.6. The number of rotatable bonds is 6. The molecule has 0 saturated carbocycles. The van der Waals surface area contributed by atoms with Crippen molar-refractivity contribution < 1.29 is 23.7 Å². The highest BCUT2D eigenvalue weighted by Crippen LogP contribution is 2.35. The van der Waals surface area contributed by atoms with Crippen molar-refractivity contribution in [1.29, 1.82) is 0 Å². The lowest BCUT2D eigenvalue weighted by Gasteiger charge is -2.14. The minimum atomic E-state index is -0.0330. The second-order valence-corrected chi connectivity index (χ2v) is 6.76. The molecule has 6 nitrogen and oxygen atoms in total. The molecule has 0 radical (unpaired) electrons. The molecule has 0 aliphatic carbocycles. The van der Waals surface area contributed by atoms with Crippen molar-refractivity contribution in [2.45, 2.75) is 39.3 Å². The number of ether oxygens (including phenoxy) is 4. The molecule has 0 amide bonds. The van der Waals surface area contributed by atoms with Crippen molar-refractivity contribution in [3.05, 3.63) is 41.2 Å². The number of carbonyl (C=O) groups is 1. The Balaban J connectivity index is 1.43. The van der Waals surface area contributed by atoms with Crippen LogP contribution in [-0.4, -0.2) is 36.5 Å². The predicted molar refractivity (Wildman–Crippen MR) is 95.3 cm³/mol. The number of benzene rings is 1. The molecule has 1 atom stereocenters. The molecule has 1 aromatic carbocycles. The second-order valence-electron chi connectivity index (χ2n) is 6.76. The maximum Gasteiger partial charge on any atom is 0.231 e. The lowest BCUT2D eigenvalue weighted by molar-refractivity contribution is 0.0914. The number of aryl methyl sites for hydroxylation is 1. The Morgan fingerprint density at radius 3 is 2.88 bits per heavy atom. The molecule has 2 aliphatic heterocycles. The first kappa shape index (κ1) is 17.0. The van der Waals surface area contributed by atoms with Crippen LogP contribution in [0.25, 0.3) is 0 Å². The average molecular weight is 357 g/mol. The fourth-order valence-corrected chi connectivity index (χ4v) is 3.55. The van der Waals surface area contributed by atoms with Gasteiger partial charge in [0.05, 0.1) is 6.10 Å². The van der Waals surface area contributed by atoms with Crippen LogP contribution < -0.4 is 14.2 Å². The molecule has 138 valence electrons. The number of fused-ring (bicyclic) bond motifs is 1. The van der Waals surface area contributed by atoms with E-state index in [0.717, 1.165) is 37.4 Å². The van der Waals surface area contributed by atoms with Gasteiger partial charge < -0.3 is 23.5 Å². The van der Waals surface area contributed by atoms with Gasteiger partial charge in [0.15, 0.2) is 18.1 Å². The van der Waals surface area contributed by atoms with Crippen LogP contribution in [0.4, 0.5) is 0 Å². The van der Waals surface area contributed by atoms with Crippen LogP contribution in [0, 0.1) is 13.8 Å². The fraction of sp³-hybridized carbons (Fsp3) is 0.450. The van der Waals surface area contributed by atoms with Crippen LogP contribution in [0.1, 0.15) is 34.6 Å². The van der Waals surface area contributed by atoms with Crippen LogP contribution in [0.5, 0.6) is 17.2 Å². The van der Waals surface area contributed by atoms with Gasteiger partial charge in [-0.25, -0.2) is 0 Å². The van der Waals surface area contributed by atoms with E-state index >= 15 is 0 Å². The summed E-state index contributed by atoms with van der Waals surface area (Å²) in [5.74, 6) is 1.90. The van der Waals surface area contributed by atoms with Gasteiger partial charge in [0.25, 0.3) is 0 Å². The number of Topliss-reactive ketones (excluding diaryl/α,β-unsaturated/α-hetero) is 1. The number of ketones is 1. The van der Waals surface area contributed by atoms with Gasteiger partial charge >= 0.3 is 0 Å². The van der Waals surface area contributed by atoms with Crippen LogP contribution in [-0.2, 0) is 11.3 Å². The molecule has 2 aliphatic rings.